The number of nitrogens with two attached hydrogens (primary N) is 1. The number of aromatic nitrogens is 2. The first kappa shape index (κ1) is 25.8. The molecule has 2 atom stereocenters. The van der Waals surface area contributed by atoms with E-state index < -0.39 is 24.0 Å². The van der Waals surface area contributed by atoms with Crippen molar-refractivity contribution < 1.29 is 22.8 Å². The minimum Gasteiger partial charge on any atom is -0.353 e. The van der Waals surface area contributed by atoms with Gasteiger partial charge in [0.15, 0.2) is 12.0 Å². The summed E-state index contributed by atoms with van der Waals surface area (Å²) >= 11 is 0. The number of likely N-dealkylation sites (tertiary alicyclic amines) is 1. The first-order valence-electron chi connectivity index (χ1n) is 11.7. The van der Waals surface area contributed by atoms with E-state index >= 15 is 0 Å². The van der Waals surface area contributed by atoms with Crippen LogP contribution in [0.3, 0.4) is 0 Å². The third kappa shape index (κ3) is 5.12. The zero-order valence-electron chi connectivity index (χ0n) is 20.3. The molecule has 196 valence electrons. The molecule has 10 nitrogen and oxygen atoms in total. The lowest BCUT2D eigenvalue weighted by Gasteiger charge is -2.42. The highest BCUT2D eigenvalue weighted by molar-refractivity contribution is 5.80. The molecule has 13 heteroatoms. The van der Waals surface area contributed by atoms with Crippen LogP contribution in [0.25, 0.3) is 0 Å². The lowest BCUT2D eigenvalue weighted by molar-refractivity contribution is -0.203. The molecule has 1 saturated heterocycles. The Hall–Kier alpha value is -3.32. The summed E-state index contributed by atoms with van der Waals surface area (Å²) in [5.41, 5.74) is 6.54. The van der Waals surface area contributed by atoms with Crippen LogP contribution in [0.5, 0.6) is 0 Å². The molecule has 4 rings (SSSR count). The number of fused-ring (bicyclic) bond motifs is 1. The molecule has 3 heterocycles. The Kier molecular flexibility index (Phi) is 7.14. The normalized spacial score (nSPS) is 20.6. The average Bonchev–Trinajstić information content (AvgIpc) is 3.09. The first-order valence-corrected chi connectivity index (χ1v) is 11.7. The second-order valence-corrected chi connectivity index (χ2v) is 9.33. The third-order valence-electron chi connectivity index (χ3n) is 6.08. The Balaban J connectivity index is 1.89. The van der Waals surface area contributed by atoms with Crippen LogP contribution in [0, 0.1) is 0 Å². The van der Waals surface area contributed by atoms with E-state index in [1.165, 1.54) is 11.6 Å². The van der Waals surface area contributed by atoms with Crippen molar-refractivity contribution in [2.75, 3.05) is 28.4 Å². The fourth-order valence-corrected chi connectivity index (χ4v) is 4.49. The fraction of sp³-hybridized carbons (Fsp3) is 0.522. The number of piperidine rings is 1. The summed E-state index contributed by atoms with van der Waals surface area (Å²) < 4.78 is 41.2. The molecule has 2 unspecified atom stereocenters. The number of halogens is 3. The Morgan fingerprint density at radius 1 is 1.28 bits per heavy atom. The van der Waals surface area contributed by atoms with Gasteiger partial charge in [-0.1, -0.05) is 30.3 Å². The number of hydrogen-bond donors (Lipinski definition) is 2. The molecular weight excluding hydrogens is 479 g/mol. The van der Waals surface area contributed by atoms with Crippen LogP contribution in [-0.4, -0.2) is 58.1 Å². The average molecular weight is 510 g/mol. The van der Waals surface area contributed by atoms with Gasteiger partial charge in [-0.3, -0.25) is 14.3 Å². The van der Waals surface area contributed by atoms with E-state index in [-0.39, 0.29) is 36.1 Å². The standard InChI is InChI=1S/C23H30F3N7O3/c1-14(2)28-21-29-18-17(19(34)30(21)3)32(12-15-8-5-4-6-9-15)22(31-11-7-10-16(27)13-31)33(18)36-20(35)23(24,25)26/h4-6,8-9,14,16,22H,7,10-13,27H2,1-3H3,(H,28,29). The highest BCUT2D eigenvalue weighted by atomic mass is 19.4. The molecule has 0 amide bonds. The van der Waals surface area contributed by atoms with E-state index in [9.17, 15) is 22.8 Å². The summed E-state index contributed by atoms with van der Waals surface area (Å²) in [5, 5.41) is 3.83. The van der Waals surface area contributed by atoms with Gasteiger partial charge in [-0.15, -0.1) is 5.06 Å². The molecule has 0 saturated carbocycles. The van der Waals surface area contributed by atoms with Crippen LogP contribution in [0.1, 0.15) is 32.3 Å². The van der Waals surface area contributed by atoms with Gasteiger partial charge in [0, 0.05) is 38.8 Å². The van der Waals surface area contributed by atoms with E-state index in [2.05, 4.69) is 10.3 Å². The number of anilines is 3. The van der Waals surface area contributed by atoms with Crippen molar-refractivity contribution in [3.05, 3.63) is 46.2 Å². The van der Waals surface area contributed by atoms with Gasteiger partial charge in [-0.05, 0) is 32.3 Å². The second kappa shape index (κ2) is 9.97. The quantitative estimate of drug-likeness (QED) is 0.606. The van der Waals surface area contributed by atoms with E-state index in [0.717, 1.165) is 17.0 Å². The number of alkyl halides is 3. The molecule has 1 aromatic heterocycles. The highest BCUT2D eigenvalue weighted by Gasteiger charge is 2.50. The van der Waals surface area contributed by atoms with Crippen LogP contribution in [0.15, 0.2) is 35.1 Å². The molecule has 3 N–H and O–H groups in total. The van der Waals surface area contributed by atoms with Crippen LogP contribution >= 0.6 is 0 Å². The number of benzene rings is 1. The van der Waals surface area contributed by atoms with Crippen LogP contribution in [0.2, 0.25) is 0 Å². The zero-order chi connectivity index (χ0) is 26.2. The lowest BCUT2D eigenvalue weighted by atomic mass is 10.1. The molecule has 36 heavy (non-hydrogen) atoms. The minimum atomic E-state index is -5.24. The van der Waals surface area contributed by atoms with Gasteiger partial charge in [0.2, 0.25) is 11.8 Å². The van der Waals surface area contributed by atoms with E-state index in [4.69, 9.17) is 10.6 Å². The number of carbonyl (C=O) groups excluding carboxylic acids is 1. The van der Waals surface area contributed by atoms with E-state index in [1.54, 1.807) is 4.90 Å². The Morgan fingerprint density at radius 2 is 1.97 bits per heavy atom. The van der Waals surface area contributed by atoms with Crippen molar-refractivity contribution in [3.8, 4) is 0 Å². The van der Waals surface area contributed by atoms with Crippen molar-refractivity contribution in [1.82, 2.24) is 14.5 Å². The predicted octanol–water partition coefficient (Wildman–Crippen LogP) is 2.15. The Labute approximate surface area is 206 Å². The SMILES string of the molecule is CC(C)Nc1nc2c(c(=O)n1C)N(Cc1ccccc1)C(N1CCCC(N)C1)N2OC(=O)C(F)(F)F. The summed E-state index contributed by atoms with van der Waals surface area (Å²) in [6, 6.07) is 8.83. The smallest absolute Gasteiger partial charge is 0.353 e. The summed E-state index contributed by atoms with van der Waals surface area (Å²) in [5.74, 6) is -2.43. The molecule has 0 bridgehead atoms. The topological polar surface area (TPSA) is 109 Å². The van der Waals surface area contributed by atoms with E-state index in [1.807, 2.05) is 49.1 Å². The maximum atomic E-state index is 13.6. The minimum absolute atomic E-state index is 0.0368. The monoisotopic (exact) mass is 509 g/mol. The van der Waals surface area contributed by atoms with Crippen LogP contribution in [-0.2, 0) is 23.2 Å². The number of nitrogens with zero attached hydrogens (tertiary/aromatic N) is 5. The van der Waals surface area contributed by atoms with Crippen molar-refractivity contribution in [2.45, 2.75) is 57.8 Å². The number of rotatable bonds is 6. The third-order valence-corrected chi connectivity index (χ3v) is 6.08. The summed E-state index contributed by atoms with van der Waals surface area (Å²) in [7, 11) is 1.53. The lowest BCUT2D eigenvalue weighted by Crippen LogP contribution is -2.60. The molecule has 2 aliphatic rings. The van der Waals surface area contributed by atoms with E-state index in [0.29, 0.717) is 19.5 Å². The zero-order valence-corrected chi connectivity index (χ0v) is 20.3. The highest BCUT2D eigenvalue weighted by Crippen LogP contribution is 2.40. The maximum Gasteiger partial charge on any atom is 0.493 e. The first-order chi connectivity index (χ1) is 17.0. The summed E-state index contributed by atoms with van der Waals surface area (Å²) in [6.45, 7) is 4.65. The predicted molar refractivity (Wildman–Crippen MR) is 128 cm³/mol. The second-order valence-electron chi connectivity index (χ2n) is 9.33. The number of hydrogen-bond acceptors (Lipinski definition) is 9. The number of nitrogens with one attached hydrogen (secondary N) is 1. The molecule has 2 aliphatic heterocycles. The van der Waals surface area contributed by atoms with Crippen molar-refractivity contribution in [2.24, 2.45) is 12.8 Å². The number of carbonyl (C=O) groups is 1. The largest absolute Gasteiger partial charge is 0.493 e. The van der Waals surface area contributed by atoms with Crippen molar-refractivity contribution in [3.63, 3.8) is 0 Å². The van der Waals surface area contributed by atoms with Crippen molar-refractivity contribution in [1.29, 1.82) is 0 Å². The summed E-state index contributed by atoms with van der Waals surface area (Å²) in [4.78, 5) is 38.5. The Bertz CT molecular complexity index is 1160. The van der Waals surface area contributed by atoms with Gasteiger partial charge in [0.1, 0.15) is 0 Å². The fourth-order valence-electron chi connectivity index (χ4n) is 4.49. The molecular formula is C23H30F3N7O3. The molecule has 0 spiro atoms. The molecule has 1 fully saturated rings. The molecule has 2 aromatic rings. The van der Waals surface area contributed by atoms with Gasteiger partial charge >= 0.3 is 12.1 Å². The van der Waals surface area contributed by atoms with Crippen LogP contribution in [0.4, 0.5) is 30.6 Å². The molecule has 0 aliphatic carbocycles. The van der Waals surface area contributed by atoms with Gasteiger partial charge in [0.25, 0.3) is 5.56 Å². The molecule has 0 radical (unpaired) electrons. The molecule has 1 aromatic carbocycles. The summed E-state index contributed by atoms with van der Waals surface area (Å²) in [6.07, 6.45) is -4.85. The van der Waals surface area contributed by atoms with Gasteiger partial charge in [0.05, 0.1) is 0 Å². The van der Waals surface area contributed by atoms with Gasteiger partial charge in [-0.25, -0.2) is 4.79 Å². The van der Waals surface area contributed by atoms with Crippen LogP contribution < -0.4 is 26.6 Å². The maximum absolute atomic E-state index is 13.6. The number of hydroxylamine groups is 1. The van der Waals surface area contributed by atoms with Gasteiger partial charge in [-0.2, -0.15) is 18.2 Å². The Morgan fingerprint density at radius 3 is 2.58 bits per heavy atom. The van der Waals surface area contributed by atoms with Gasteiger partial charge < -0.3 is 20.8 Å². The van der Waals surface area contributed by atoms with Crippen molar-refractivity contribution >= 4 is 23.4 Å².